The van der Waals surface area contributed by atoms with E-state index in [1.165, 1.54) is 6.07 Å². The van der Waals surface area contributed by atoms with Crippen molar-refractivity contribution in [2.45, 2.75) is 17.4 Å². The van der Waals surface area contributed by atoms with Crippen molar-refractivity contribution >= 4 is 33.1 Å². The number of carbonyl (C=O) groups excluding carboxylic acids is 1. The van der Waals surface area contributed by atoms with Gasteiger partial charge in [0, 0.05) is 28.9 Å². The average molecular weight is 514 g/mol. The Labute approximate surface area is 215 Å². The van der Waals surface area contributed by atoms with E-state index >= 15 is 0 Å². The maximum Gasteiger partial charge on any atom is 0.247 e. The van der Waals surface area contributed by atoms with Gasteiger partial charge >= 0.3 is 0 Å². The lowest BCUT2D eigenvalue weighted by atomic mass is 10.0. The third kappa shape index (κ3) is 6.60. The molecule has 37 heavy (non-hydrogen) atoms. The van der Waals surface area contributed by atoms with Gasteiger partial charge in [-0.3, -0.25) is 10.2 Å². The van der Waals surface area contributed by atoms with E-state index in [1.807, 2.05) is 36.4 Å². The normalized spacial score (nSPS) is 11.9. The summed E-state index contributed by atoms with van der Waals surface area (Å²) >= 11 is 0. The van der Waals surface area contributed by atoms with Crippen LogP contribution in [0.15, 0.2) is 108 Å². The molecular weight excluding hydrogens is 486 g/mol. The minimum atomic E-state index is -3.89. The van der Waals surface area contributed by atoms with Crippen molar-refractivity contribution in [2.24, 2.45) is 10.9 Å². The minimum Gasteiger partial charge on any atom is -0.384 e. The molecule has 8 nitrogen and oxygen atoms in total. The van der Waals surface area contributed by atoms with Crippen LogP contribution in [0.1, 0.15) is 11.1 Å². The van der Waals surface area contributed by atoms with Crippen LogP contribution in [-0.2, 0) is 21.2 Å². The largest absolute Gasteiger partial charge is 0.384 e. The fourth-order valence-corrected chi connectivity index (χ4v) is 4.71. The summed E-state index contributed by atoms with van der Waals surface area (Å²) in [6.07, 6.45) is 0.427. The molecule has 7 N–H and O–H groups in total. The summed E-state index contributed by atoms with van der Waals surface area (Å²) in [5.41, 5.74) is 9.52. The number of carbonyl (C=O) groups is 1. The summed E-state index contributed by atoms with van der Waals surface area (Å²) in [4.78, 5) is 13.4. The number of amides is 1. The molecule has 0 aromatic heterocycles. The maximum absolute atomic E-state index is 13.3. The summed E-state index contributed by atoms with van der Waals surface area (Å²) < 4.78 is 23.9. The molecule has 0 saturated carbocycles. The highest BCUT2D eigenvalue weighted by molar-refractivity contribution is 7.89. The molecule has 0 aliphatic carbocycles. The zero-order valence-corrected chi connectivity index (χ0v) is 20.7. The van der Waals surface area contributed by atoms with Gasteiger partial charge in [0.2, 0.25) is 15.9 Å². The molecule has 4 aromatic carbocycles. The number of hydrogen-bond donors (Lipinski definition) is 5. The first-order valence-corrected chi connectivity index (χ1v) is 13.0. The number of rotatable bonds is 9. The molecular formula is C28H27N5O3S. The van der Waals surface area contributed by atoms with Crippen LogP contribution in [0.4, 0.5) is 11.4 Å². The van der Waals surface area contributed by atoms with Gasteiger partial charge in [0.05, 0.1) is 4.90 Å². The number of sulfonamides is 1. The SMILES string of the molecule is N=C(N)c1cccc(N[C@@H](Cc2ccccc2)C(=O)Nc2ccc(-c3ccccc3S(N)(=O)=O)cc2)c1. The molecule has 9 heteroatoms. The highest BCUT2D eigenvalue weighted by atomic mass is 32.2. The van der Waals surface area contributed by atoms with E-state index < -0.39 is 16.1 Å². The standard InChI is InChI=1S/C28H27N5O3S/c29-27(30)21-9-6-10-23(18-21)32-25(17-19-7-2-1-3-8-19)28(34)33-22-15-13-20(14-16-22)24-11-4-5-12-26(24)37(31,35)36/h1-16,18,25,32H,17H2,(H3,29,30)(H,33,34)(H2,31,35,36)/t25-/m0/s1. The van der Waals surface area contributed by atoms with E-state index in [-0.39, 0.29) is 16.6 Å². The van der Waals surface area contributed by atoms with E-state index in [4.69, 9.17) is 16.3 Å². The van der Waals surface area contributed by atoms with E-state index in [9.17, 15) is 13.2 Å². The molecule has 1 atom stereocenters. The highest BCUT2D eigenvalue weighted by Crippen LogP contribution is 2.27. The molecule has 0 bridgehead atoms. The molecule has 4 rings (SSSR count). The first kappa shape index (κ1) is 25.6. The van der Waals surface area contributed by atoms with E-state index in [0.29, 0.717) is 34.5 Å². The van der Waals surface area contributed by atoms with Crippen molar-refractivity contribution in [2.75, 3.05) is 10.6 Å². The molecule has 0 aliphatic heterocycles. The molecule has 0 heterocycles. The van der Waals surface area contributed by atoms with Gasteiger partial charge in [-0.05, 0) is 41.5 Å². The predicted molar refractivity (Wildman–Crippen MR) is 147 cm³/mol. The Morgan fingerprint density at radius 3 is 2.19 bits per heavy atom. The number of primary sulfonamides is 1. The van der Waals surface area contributed by atoms with Crippen LogP contribution in [0, 0.1) is 5.41 Å². The molecule has 188 valence electrons. The van der Waals surface area contributed by atoms with Gasteiger partial charge in [-0.15, -0.1) is 0 Å². The number of nitrogen functional groups attached to an aromatic ring is 1. The highest BCUT2D eigenvalue weighted by Gasteiger charge is 2.20. The summed E-state index contributed by atoms with van der Waals surface area (Å²) in [6.45, 7) is 0. The average Bonchev–Trinajstić information content (AvgIpc) is 2.89. The van der Waals surface area contributed by atoms with Crippen LogP contribution in [0.3, 0.4) is 0 Å². The number of benzene rings is 4. The van der Waals surface area contributed by atoms with E-state index in [0.717, 1.165) is 5.56 Å². The summed E-state index contributed by atoms with van der Waals surface area (Å²) in [5.74, 6) is -0.313. The number of nitrogens with one attached hydrogen (secondary N) is 3. The van der Waals surface area contributed by atoms with Crippen molar-refractivity contribution in [3.63, 3.8) is 0 Å². The lowest BCUT2D eigenvalue weighted by Crippen LogP contribution is -2.36. The fraction of sp³-hybridized carbons (Fsp3) is 0.0714. The van der Waals surface area contributed by atoms with Crippen molar-refractivity contribution in [1.29, 1.82) is 5.41 Å². The number of nitrogens with two attached hydrogens (primary N) is 2. The molecule has 0 saturated heterocycles. The topological polar surface area (TPSA) is 151 Å². The molecule has 0 radical (unpaired) electrons. The predicted octanol–water partition coefficient (Wildman–Crippen LogP) is 3.95. The van der Waals surface area contributed by atoms with Crippen molar-refractivity contribution in [1.82, 2.24) is 0 Å². The van der Waals surface area contributed by atoms with Crippen LogP contribution in [0.2, 0.25) is 0 Å². The quantitative estimate of drug-likeness (QED) is 0.170. The maximum atomic E-state index is 13.3. The first-order valence-electron chi connectivity index (χ1n) is 11.5. The zero-order chi connectivity index (χ0) is 26.4. The van der Waals surface area contributed by atoms with Crippen LogP contribution in [0.5, 0.6) is 0 Å². The second-order valence-corrected chi connectivity index (χ2v) is 10.0. The van der Waals surface area contributed by atoms with Gasteiger partial charge in [-0.1, -0.05) is 72.8 Å². The summed E-state index contributed by atoms with van der Waals surface area (Å²) in [5, 5.41) is 19.2. The van der Waals surface area contributed by atoms with E-state index in [2.05, 4.69) is 10.6 Å². The molecule has 4 aromatic rings. The molecule has 0 unspecified atom stereocenters. The Bertz CT molecular complexity index is 1520. The molecule has 0 aliphatic rings. The summed E-state index contributed by atoms with van der Waals surface area (Å²) in [6, 6.07) is 29.5. The lowest BCUT2D eigenvalue weighted by Gasteiger charge is -2.20. The van der Waals surface area contributed by atoms with Gasteiger partial charge in [0.15, 0.2) is 0 Å². The molecule has 0 spiro atoms. The van der Waals surface area contributed by atoms with Crippen molar-refractivity contribution in [3.8, 4) is 11.1 Å². The van der Waals surface area contributed by atoms with Crippen molar-refractivity contribution < 1.29 is 13.2 Å². The number of amidine groups is 1. The second-order valence-electron chi connectivity index (χ2n) is 8.49. The monoisotopic (exact) mass is 513 g/mol. The second kappa shape index (κ2) is 11.1. The first-order chi connectivity index (χ1) is 17.7. The van der Waals surface area contributed by atoms with Crippen LogP contribution in [0.25, 0.3) is 11.1 Å². The van der Waals surface area contributed by atoms with Gasteiger partial charge in [-0.2, -0.15) is 0 Å². The number of hydrogen-bond acceptors (Lipinski definition) is 5. The van der Waals surface area contributed by atoms with Gasteiger partial charge in [0.25, 0.3) is 0 Å². The van der Waals surface area contributed by atoms with Crippen LogP contribution >= 0.6 is 0 Å². The minimum absolute atomic E-state index is 0.0340. The Morgan fingerprint density at radius 1 is 0.838 bits per heavy atom. The van der Waals surface area contributed by atoms with Gasteiger partial charge in [0.1, 0.15) is 11.9 Å². The molecule has 0 fully saturated rings. The van der Waals surface area contributed by atoms with Crippen LogP contribution in [-0.4, -0.2) is 26.2 Å². The third-order valence-corrected chi connectivity index (χ3v) is 6.74. The van der Waals surface area contributed by atoms with Crippen molar-refractivity contribution in [3.05, 3.63) is 114 Å². The lowest BCUT2D eigenvalue weighted by molar-refractivity contribution is -0.116. The summed E-state index contributed by atoms with van der Waals surface area (Å²) in [7, 11) is -3.89. The smallest absolute Gasteiger partial charge is 0.247 e. The Hall–Kier alpha value is -4.47. The van der Waals surface area contributed by atoms with E-state index in [1.54, 1.807) is 60.7 Å². The Morgan fingerprint density at radius 2 is 1.51 bits per heavy atom. The number of anilines is 2. The Kier molecular flexibility index (Phi) is 7.66. The zero-order valence-electron chi connectivity index (χ0n) is 19.9. The third-order valence-electron chi connectivity index (χ3n) is 5.77. The van der Waals surface area contributed by atoms with Gasteiger partial charge < -0.3 is 16.4 Å². The fourth-order valence-electron chi connectivity index (χ4n) is 3.95. The molecule has 1 amide bonds. The van der Waals surface area contributed by atoms with Crippen LogP contribution < -0.4 is 21.5 Å². The van der Waals surface area contributed by atoms with Gasteiger partial charge in [-0.25, -0.2) is 13.6 Å². The Balaban J connectivity index is 1.56.